The van der Waals surface area contributed by atoms with Crippen molar-refractivity contribution in [2.75, 3.05) is 13.7 Å². The van der Waals surface area contributed by atoms with Gasteiger partial charge in [-0.05, 0) is 56.4 Å². The summed E-state index contributed by atoms with van der Waals surface area (Å²) in [5.74, 6) is -1.58. The van der Waals surface area contributed by atoms with Crippen molar-refractivity contribution in [2.24, 2.45) is 0 Å². The molecule has 0 saturated carbocycles. The van der Waals surface area contributed by atoms with Crippen LogP contribution in [0.3, 0.4) is 0 Å². The van der Waals surface area contributed by atoms with E-state index in [2.05, 4.69) is 17.4 Å². The van der Waals surface area contributed by atoms with E-state index in [-0.39, 0.29) is 6.61 Å². The van der Waals surface area contributed by atoms with Crippen LogP contribution in [0, 0.1) is 0 Å². The zero-order chi connectivity index (χ0) is 23.1. The van der Waals surface area contributed by atoms with Crippen LogP contribution < -0.4 is 5.32 Å². The van der Waals surface area contributed by atoms with E-state index < -0.39 is 17.9 Å². The Labute approximate surface area is 194 Å². The monoisotopic (exact) mass is 453 g/mol. The molecule has 5 nitrogen and oxygen atoms in total. The van der Waals surface area contributed by atoms with E-state index in [9.17, 15) is 9.59 Å². The lowest BCUT2D eigenvalue weighted by molar-refractivity contribution is -0.139. The fourth-order valence-electron chi connectivity index (χ4n) is 4.06. The largest absolute Gasteiger partial charge is 0.466 e. The number of ether oxygens (including phenoxy) is 2. The second kappa shape index (κ2) is 11.0. The standard InChI is InChI=1S/C26H28ClNO4/c1-4-32-26(30)24-21(15-8-12-18-10-6-5-7-11-18)28-17(2)22(25(29)31-3)23(24)19-13-9-14-20(27)16-19/h5-7,9-11,13-14,16,23,28H,4,8,12,15H2,1-3H3. The number of methoxy groups -OCH3 is 1. The summed E-state index contributed by atoms with van der Waals surface area (Å²) in [4.78, 5) is 25.9. The van der Waals surface area contributed by atoms with Crippen molar-refractivity contribution in [3.63, 3.8) is 0 Å². The van der Waals surface area contributed by atoms with Gasteiger partial charge in [0, 0.05) is 16.4 Å². The molecule has 1 heterocycles. The highest BCUT2D eigenvalue weighted by atomic mass is 35.5. The summed E-state index contributed by atoms with van der Waals surface area (Å²) >= 11 is 6.26. The minimum atomic E-state index is -0.631. The van der Waals surface area contributed by atoms with Crippen molar-refractivity contribution in [3.8, 4) is 0 Å². The number of rotatable bonds is 8. The number of hydrogen-bond acceptors (Lipinski definition) is 5. The number of nitrogens with one attached hydrogen (secondary N) is 1. The maximum absolute atomic E-state index is 13.1. The summed E-state index contributed by atoms with van der Waals surface area (Å²) in [5, 5.41) is 3.82. The number of esters is 2. The molecule has 0 saturated heterocycles. The summed E-state index contributed by atoms with van der Waals surface area (Å²) in [6.07, 6.45) is 2.33. The molecule has 32 heavy (non-hydrogen) atoms. The van der Waals surface area contributed by atoms with Gasteiger partial charge in [0.05, 0.1) is 30.8 Å². The van der Waals surface area contributed by atoms with Crippen LogP contribution in [-0.4, -0.2) is 25.7 Å². The Hall–Kier alpha value is -3.05. The number of halogens is 1. The SMILES string of the molecule is CCOC(=O)C1=C(CCCc2ccccc2)NC(C)=C(C(=O)OC)C1c1cccc(Cl)c1. The zero-order valence-corrected chi connectivity index (χ0v) is 19.4. The van der Waals surface area contributed by atoms with Crippen LogP contribution in [0.1, 0.15) is 43.7 Å². The van der Waals surface area contributed by atoms with E-state index in [0.29, 0.717) is 28.3 Å². The van der Waals surface area contributed by atoms with Crippen molar-refractivity contribution in [1.82, 2.24) is 5.32 Å². The number of allylic oxidation sites excluding steroid dienone is 2. The third-order valence-electron chi connectivity index (χ3n) is 5.46. The molecule has 1 aliphatic heterocycles. The van der Waals surface area contributed by atoms with Crippen molar-refractivity contribution in [1.29, 1.82) is 0 Å². The Morgan fingerprint density at radius 2 is 1.75 bits per heavy atom. The van der Waals surface area contributed by atoms with Crippen LogP contribution in [0.4, 0.5) is 0 Å². The van der Waals surface area contributed by atoms with Crippen LogP contribution in [0.2, 0.25) is 5.02 Å². The quantitative estimate of drug-likeness (QED) is 0.548. The van der Waals surface area contributed by atoms with E-state index >= 15 is 0 Å². The molecule has 0 amide bonds. The minimum absolute atomic E-state index is 0.234. The van der Waals surface area contributed by atoms with Gasteiger partial charge in [0.2, 0.25) is 0 Å². The van der Waals surface area contributed by atoms with E-state index in [1.54, 1.807) is 19.1 Å². The number of aryl methyl sites for hydroxylation is 1. The Morgan fingerprint density at radius 3 is 2.41 bits per heavy atom. The second-order valence-corrected chi connectivity index (χ2v) is 8.03. The lowest BCUT2D eigenvalue weighted by atomic mass is 9.79. The molecule has 6 heteroatoms. The van der Waals surface area contributed by atoms with Crippen LogP contribution in [0.5, 0.6) is 0 Å². The molecule has 0 spiro atoms. The smallest absolute Gasteiger partial charge is 0.336 e. The summed E-state index contributed by atoms with van der Waals surface area (Å²) in [5.41, 5.74) is 4.19. The summed E-state index contributed by atoms with van der Waals surface area (Å²) in [6, 6.07) is 17.4. The van der Waals surface area contributed by atoms with Gasteiger partial charge in [-0.15, -0.1) is 0 Å². The maximum atomic E-state index is 13.1. The Morgan fingerprint density at radius 1 is 1.00 bits per heavy atom. The molecule has 1 unspecified atom stereocenters. The molecule has 168 valence electrons. The highest BCUT2D eigenvalue weighted by molar-refractivity contribution is 6.30. The van der Waals surface area contributed by atoms with Gasteiger partial charge in [-0.25, -0.2) is 9.59 Å². The normalized spacial score (nSPS) is 15.9. The van der Waals surface area contributed by atoms with Gasteiger partial charge in [0.25, 0.3) is 0 Å². The third kappa shape index (κ3) is 5.40. The fourth-order valence-corrected chi connectivity index (χ4v) is 4.26. The van der Waals surface area contributed by atoms with E-state index in [1.165, 1.54) is 12.7 Å². The van der Waals surface area contributed by atoms with Crippen molar-refractivity contribution in [3.05, 3.63) is 93.3 Å². The zero-order valence-electron chi connectivity index (χ0n) is 18.6. The minimum Gasteiger partial charge on any atom is -0.466 e. The molecule has 2 aromatic carbocycles. The molecule has 0 aliphatic carbocycles. The fraction of sp³-hybridized carbons (Fsp3) is 0.308. The second-order valence-electron chi connectivity index (χ2n) is 7.60. The van der Waals surface area contributed by atoms with Gasteiger partial charge in [0.1, 0.15) is 0 Å². The summed E-state index contributed by atoms with van der Waals surface area (Å²) < 4.78 is 10.5. The predicted molar refractivity (Wildman–Crippen MR) is 125 cm³/mol. The first-order valence-electron chi connectivity index (χ1n) is 10.7. The highest BCUT2D eigenvalue weighted by Crippen LogP contribution is 2.40. The number of hydrogen-bond donors (Lipinski definition) is 1. The van der Waals surface area contributed by atoms with Gasteiger partial charge in [-0.2, -0.15) is 0 Å². The Bertz CT molecular complexity index is 1040. The van der Waals surface area contributed by atoms with Gasteiger partial charge < -0.3 is 14.8 Å². The Kier molecular flexibility index (Phi) is 8.12. The summed E-state index contributed by atoms with van der Waals surface area (Å²) in [7, 11) is 1.33. The third-order valence-corrected chi connectivity index (χ3v) is 5.70. The number of carbonyl (C=O) groups excluding carboxylic acids is 2. The topological polar surface area (TPSA) is 64.6 Å². The number of dihydropyridines is 1. The summed E-state index contributed by atoms with van der Waals surface area (Å²) in [6.45, 7) is 3.82. The number of benzene rings is 2. The molecule has 0 bridgehead atoms. The molecule has 0 fully saturated rings. The molecular weight excluding hydrogens is 426 g/mol. The molecule has 1 atom stereocenters. The average Bonchev–Trinajstić information content (AvgIpc) is 2.79. The van der Waals surface area contributed by atoms with Gasteiger partial charge in [-0.3, -0.25) is 0 Å². The maximum Gasteiger partial charge on any atom is 0.336 e. The van der Waals surface area contributed by atoms with Crippen LogP contribution >= 0.6 is 11.6 Å². The van der Waals surface area contributed by atoms with Crippen LogP contribution in [0.15, 0.2) is 77.1 Å². The van der Waals surface area contributed by atoms with Gasteiger partial charge in [0.15, 0.2) is 0 Å². The van der Waals surface area contributed by atoms with E-state index in [1.807, 2.05) is 37.3 Å². The molecule has 2 aromatic rings. The lowest BCUT2D eigenvalue weighted by Crippen LogP contribution is -2.33. The number of carbonyl (C=O) groups is 2. The van der Waals surface area contributed by atoms with Gasteiger partial charge in [-0.1, -0.05) is 54.1 Å². The molecule has 1 N–H and O–H groups in total. The van der Waals surface area contributed by atoms with Crippen molar-refractivity contribution < 1.29 is 19.1 Å². The van der Waals surface area contributed by atoms with Crippen LogP contribution in [0.25, 0.3) is 0 Å². The van der Waals surface area contributed by atoms with Crippen molar-refractivity contribution >= 4 is 23.5 Å². The highest BCUT2D eigenvalue weighted by Gasteiger charge is 2.38. The first-order chi connectivity index (χ1) is 15.5. The predicted octanol–water partition coefficient (Wildman–Crippen LogP) is 5.31. The first-order valence-corrected chi connectivity index (χ1v) is 11.1. The van der Waals surface area contributed by atoms with E-state index in [4.69, 9.17) is 21.1 Å². The molecule has 1 aliphatic rings. The van der Waals surface area contributed by atoms with Gasteiger partial charge >= 0.3 is 11.9 Å². The molecule has 0 radical (unpaired) electrons. The average molecular weight is 454 g/mol. The van der Waals surface area contributed by atoms with E-state index in [0.717, 1.165) is 24.1 Å². The Balaban J connectivity index is 2.04. The molecule has 0 aromatic heterocycles. The molecule has 3 rings (SSSR count). The first kappa shape index (κ1) is 23.6. The van der Waals surface area contributed by atoms with Crippen molar-refractivity contribution in [2.45, 2.75) is 39.0 Å². The molecular formula is C26H28ClNO4. The van der Waals surface area contributed by atoms with Crippen LogP contribution in [-0.2, 0) is 25.5 Å². The lowest BCUT2D eigenvalue weighted by Gasteiger charge is -2.31.